The average molecular weight is 276 g/mol. The maximum atomic E-state index is 4.76. The smallest absolute Gasteiger partial charge is 0.124 e. The number of thiazole rings is 1. The van der Waals surface area contributed by atoms with Crippen molar-refractivity contribution in [3.8, 4) is 16.3 Å². The molecule has 0 amide bonds. The predicted octanol–water partition coefficient (Wildman–Crippen LogP) is 4.75. The van der Waals surface area contributed by atoms with Gasteiger partial charge < -0.3 is 4.57 Å². The molecule has 0 atom stereocenters. The minimum atomic E-state index is 1.06. The molecule has 0 aliphatic heterocycles. The summed E-state index contributed by atoms with van der Waals surface area (Å²) >= 11 is 1.74. The van der Waals surface area contributed by atoms with Gasteiger partial charge in [0.1, 0.15) is 5.01 Å². The van der Waals surface area contributed by atoms with Crippen LogP contribution >= 0.6 is 11.3 Å². The topological polar surface area (TPSA) is 17.8 Å². The van der Waals surface area contributed by atoms with Gasteiger partial charge in [0.25, 0.3) is 0 Å². The summed E-state index contributed by atoms with van der Waals surface area (Å²) in [5, 5.41) is 1.07. The van der Waals surface area contributed by atoms with Crippen LogP contribution in [0.1, 0.15) is 0 Å². The van der Waals surface area contributed by atoms with E-state index in [-0.39, 0.29) is 0 Å². The van der Waals surface area contributed by atoms with Crippen LogP contribution in [-0.4, -0.2) is 9.55 Å². The zero-order chi connectivity index (χ0) is 13.4. The molecule has 2 nitrogen and oxygen atoms in total. The van der Waals surface area contributed by atoms with Crippen molar-refractivity contribution in [2.45, 2.75) is 0 Å². The van der Waals surface area contributed by atoms with Crippen molar-refractivity contribution in [3.63, 3.8) is 0 Å². The van der Waals surface area contributed by atoms with Crippen molar-refractivity contribution in [1.29, 1.82) is 0 Å². The molecule has 0 aliphatic carbocycles. The van der Waals surface area contributed by atoms with Gasteiger partial charge in [0, 0.05) is 23.6 Å². The Kier molecular flexibility index (Phi) is 2.64. The Labute approximate surface area is 121 Å². The fourth-order valence-corrected chi connectivity index (χ4v) is 3.24. The maximum absolute atomic E-state index is 4.76. The number of aromatic nitrogens is 2. The number of rotatable bonds is 2. The Bertz CT molecular complexity index is 845. The average Bonchev–Trinajstić information content (AvgIpc) is 3.16. The highest BCUT2D eigenvalue weighted by Gasteiger charge is 2.06. The van der Waals surface area contributed by atoms with Crippen LogP contribution in [0.5, 0.6) is 0 Å². The Morgan fingerprint density at radius 2 is 1.65 bits per heavy atom. The SMILES string of the molecule is c1ccc(-c2nc3cc(-n4cccc4)ccc3s2)cc1. The summed E-state index contributed by atoms with van der Waals surface area (Å²) in [6, 6.07) is 20.8. The van der Waals surface area contributed by atoms with Gasteiger partial charge in [0.15, 0.2) is 0 Å². The predicted molar refractivity (Wildman–Crippen MR) is 84.4 cm³/mol. The molecule has 2 aromatic heterocycles. The molecule has 0 radical (unpaired) electrons. The molecule has 0 unspecified atom stereocenters. The normalized spacial score (nSPS) is 11.0. The summed E-state index contributed by atoms with van der Waals surface area (Å²) in [6.07, 6.45) is 4.09. The summed E-state index contributed by atoms with van der Waals surface area (Å²) in [4.78, 5) is 4.76. The summed E-state index contributed by atoms with van der Waals surface area (Å²) in [5.41, 5.74) is 3.38. The molecule has 0 saturated heterocycles. The van der Waals surface area contributed by atoms with Gasteiger partial charge in [-0.3, -0.25) is 0 Å². The zero-order valence-corrected chi connectivity index (χ0v) is 11.5. The molecule has 0 fully saturated rings. The standard InChI is InChI=1S/C17H12N2S/c1-2-6-13(7-3-1)17-18-15-12-14(8-9-16(15)20-17)19-10-4-5-11-19/h1-12H. The van der Waals surface area contributed by atoms with E-state index >= 15 is 0 Å². The molecular weight excluding hydrogens is 264 g/mol. The van der Waals surface area contributed by atoms with Crippen LogP contribution < -0.4 is 0 Å². The minimum Gasteiger partial charge on any atom is -0.324 e. The lowest BCUT2D eigenvalue weighted by Gasteiger charge is -2.01. The van der Waals surface area contributed by atoms with E-state index in [4.69, 9.17) is 4.98 Å². The van der Waals surface area contributed by atoms with Gasteiger partial charge >= 0.3 is 0 Å². The first kappa shape index (κ1) is 11.4. The lowest BCUT2D eigenvalue weighted by Crippen LogP contribution is -1.88. The molecule has 0 spiro atoms. The van der Waals surface area contributed by atoms with E-state index in [2.05, 4.69) is 34.9 Å². The zero-order valence-electron chi connectivity index (χ0n) is 10.7. The van der Waals surface area contributed by atoms with Gasteiger partial charge in [0.2, 0.25) is 0 Å². The number of hydrogen-bond acceptors (Lipinski definition) is 2. The Morgan fingerprint density at radius 3 is 2.45 bits per heavy atom. The van der Waals surface area contributed by atoms with E-state index in [1.165, 1.54) is 10.3 Å². The van der Waals surface area contributed by atoms with Crippen LogP contribution in [0.3, 0.4) is 0 Å². The Morgan fingerprint density at radius 1 is 0.850 bits per heavy atom. The van der Waals surface area contributed by atoms with Gasteiger partial charge in [-0.1, -0.05) is 30.3 Å². The van der Waals surface area contributed by atoms with E-state index in [1.807, 2.05) is 42.7 Å². The van der Waals surface area contributed by atoms with Gasteiger partial charge in [-0.2, -0.15) is 0 Å². The van der Waals surface area contributed by atoms with E-state index in [9.17, 15) is 0 Å². The quantitative estimate of drug-likeness (QED) is 0.516. The fraction of sp³-hybridized carbons (Fsp3) is 0. The highest BCUT2D eigenvalue weighted by atomic mass is 32.1. The number of benzene rings is 2. The van der Waals surface area contributed by atoms with E-state index in [1.54, 1.807) is 11.3 Å². The van der Waals surface area contributed by atoms with Crippen LogP contribution in [0.2, 0.25) is 0 Å². The second-order valence-corrected chi connectivity index (χ2v) is 5.66. The molecule has 0 bridgehead atoms. The maximum Gasteiger partial charge on any atom is 0.124 e. The van der Waals surface area contributed by atoms with Crippen molar-refractivity contribution in [1.82, 2.24) is 9.55 Å². The summed E-state index contributed by atoms with van der Waals surface area (Å²) < 4.78 is 3.32. The van der Waals surface area contributed by atoms with Crippen molar-refractivity contribution in [2.75, 3.05) is 0 Å². The number of nitrogens with zero attached hydrogens (tertiary/aromatic N) is 2. The Balaban J connectivity index is 1.84. The monoisotopic (exact) mass is 276 g/mol. The van der Waals surface area contributed by atoms with E-state index in [0.717, 1.165) is 16.2 Å². The first-order valence-corrected chi connectivity index (χ1v) is 7.31. The molecule has 3 heteroatoms. The van der Waals surface area contributed by atoms with Crippen LogP contribution in [0.15, 0.2) is 73.1 Å². The van der Waals surface area contributed by atoms with Gasteiger partial charge in [-0.15, -0.1) is 11.3 Å². The third-order valence-corrected chi connectivity index (χ3v) is 4.38. The van der Waals surface area contributed by atoms with Gasteiger partial charge in [-0.25, -0.2) is 4.98 Å². The summed E-state index contributed by atoms with van der Waals surface area (Å²) in [7, 11) is 0. The minimum absolute atomic E-state index is 1.06. The second kappa shape index (κ2) is 4.62. The lowest BCUT2D eigenvalue weighted by atomic mass is 10.2. The molecule has 0 aliphatic rings. The molecule has 2 heterocycles. The van der Waals surface area contributed by atoms with Crippen LogP contribution in [-0.2, 0) is 0 Å². The Hall–Kier alpha value is -2.39. The molecule has 4 rings (SSSR count). The lowest BCUT2D eigenvalue weighted by molar-refractivity contribution is 1.08. The van der Waals surface area contributed by atoms with E-state index in [0.29, 0.717) is 0 Å². The second-order valence-electron chi connectivity index (χ2n) is 4.63. The summed E-state index contributed by atoms with van der Waals surface area (Å²) in [6.45, 7) is 0. The highest BCUT2D eigenvalue weighted by Crippen LogP contribution is 2.31. The van der Waals surface area contributed by atoms with Crippen molar-refractivity contribution >= 4 is 21.6 Å². The van der Waals surface area contributed by atoms with Crippen LogP contribution in [0.25, 0.3) is 26.5 Å². The first-order chi connectivity index (χ1) is 9.90. The van der Waals surface area contributed by atoms with Gasteiger partial charge in [0.05, 0.1) is 10.2 Å². The largest absolute Gasteiger partial charge is 0.324 e. The van der Waals surface area contributed by atoms with Crippen LogP contribution in [0, 0.1) is 0 Å². The third-order valence-electron chi connectivity index (χ3n) is 3.29. The molecule has 20 heavy (non-hydrogen) atoms. The molecule has 4 aromatic rings. The first-order valence-electron chi connectivity index (χ1n) is 6.49. The molecule has 0 saturated carbocycles. The van der Waals surface area contributed by atoms with Crippen molar-refractivity contribution in [2.24, 2.45) is 0 Å². The molecule has 96 valence electrons. The van der Waals surface area contributed by atoms with Gasteiger partial charge in [-0.05, 0) is 30.3 Å². The molecule has 2 aromatic carbocycles. The molecular formula is C17H12N2S. The molecule has 0 N–H and O–H groups in total. The third kappa shape index (κ3) is 1.92. The summed E-state index contributed by atoms with van der Waals surface area (Å²) in [5.74, 6) is 0. The van der Waals surface area contributed by atoms with E-state index < -0.39 is 0 Å². The van der Waals surface area contributed by atoms with Crippen LogP contribution in [0.4, 0.5) is 0 Å². The number of hydrogen-bond donors (Lipinski definition) is 0. The number of fused-ring (bicyclic) bond motifs is 1. The van der Waals surface area contributed by atoms with Crippen molar-refractivity contribution in [3.05, 3.63) is 73.1 Å². The fourth-order valence-electron chi connectivity index (χ4n) is 2.29. The van der Waals surface area contributed by atoms with Crippen molar-refractivity contribution < 1.29 is 0 Å². The highest BCUT2D eigenvalue weighted by molar-refractivity contribution is 7.21.